The van der Waals surface area contributed by atoms with Gasteiger partial charge in [-0.2, -0.15) is 0 Å². The molecule has 5 heteroatoms. The topological polar surface area (TPSA) is 45.9 Å². The molecule has 1 saturated heterocycles. The van der Waals surface area contributed by atoms with Crippen molar-refractivity contribution < 1.29 is 13.9 Å². The van der Waals surface area contributed by atoms with Gasteiger partial charge < -0.3 is 19.0 Å². The molecule has 0 radical (unpaired) electrons. The van der Waals surface area contributed by atoms with Crippen LogP contribution in [0.2, 0.25) is 0 Å². The summed E-state index contributed by atoms with van der Waals surface area (Å²) >= 11 is 0. The van der Waals surface area contributed by atoms with E-state index in [9.17, 15) is 4.79 Å². The predicted octanol–water partition coefficient (Wildman–Crippen LogP) is 4.55. The number of hydrogen-bond donors (Lipinski definition) is 0. The van der Waals surface area contributed by atoms with E-state index >= 15 is 0 Å². The number of aryl methyl sites for hydroxylation is 1. The van der Waals surface area contributed by atoms with Crippen molar-refractivity contribution in [2.45, 2.75) is 76.0 Å². The molecule has 1 spiro atoms. The van der Waals surface area contributed by atoms with Gasteiger partial charge in [0.25, 0.3) is 0 Å². The van der Waals surface area contributed by atoms with Crippen molar-refractivity contribution in [2.75, 3.05) is 27.2 Å². The monoisotopic (exact) mass is 424 g/mol. The van der Waals surface area contributed by atoms with Crippen LogP contribution in [0.3, 0.4) is 0 Å². The molecular weight excluding hydrogens is 388 g/mol. The highest BCUT2D eigenvalue weighted by Gasteiger charge is 2.47. The first-order valence-corrected chi connectivity index (χ1v) is 12.0. The summed E-state index contributed by atoms with van der Waals surface area (Å²) in [4.78, 5) is 18.0. The highest BCUT2D eigenvalue weighted by atomic mass is 16.5. The van der Waals surface area contributed by atoms with Crippen molar-refractivity contribution in [3.63, 3.8) is 0 Å². The Hall–Kier alpha value is -1.85. The van der Waals surface area contributed by atoms with Crippen LogP contribution >= 0.6 is 0 Å². The number of carbonyl (C=O) groups excluding carboxylic acids is 1. The summed E-state index contributed by atoms with van der Waals surface area (Å²) in [5, 5.41) is 1.06. The first-order chi connectivity index (χ1) is 15.0. The van der Waals surface area contributed by atoms with Gasteiger partial charge in [0, 0.05) is 43.2 Å². The van der Waals surface area contributed by atoms with Crippen molar-refractivity contribution in [3.05, 3.63) is 35.6 Å². The second-order valence-corrected chi connectivity index (χ2v) is 10.2. The fourth-order valence-electron chi connectivity index (χ4n) is 5.98. The van der Waals surface area contributed by atoms with E-state index in [0.29, 0.717) is 12.5 Å². The van der Waals surface area contributed by atoms with Gasteiger partial charge >= 0.3 is 0 Å². The van der Waals surface area contributed by atoms with Gasteiger partial charge in [0.2, 0.25) is 5.91 Å². The van der Waals surface area contributed by atoms with Crippen LogP contribution in [0, 0.1) is 12.8 Å². The lowest BCUT2D eigenvalue weighted by Crippen LogP contribution is -2.58. The molecule has 5 rings (SSSR count). The van der Waals surface area contributed by atoms with E-state index in [1.807, 2.05) is 37.1 Å². The molecule has 1 amide bonds. The molecular formula is C26H36N2O3. The van der Waals surface area contributed by atoms with Crippen molar-refractivity contribution in [1.82, 2.24) is 9.80 Å². The summed E-state index contributed by atoms with van der Waals surface area (Å²) in [7, 11) is 4.27. The summed E-state index contributed by atoms with van der Waals surface area (Å²) in [6, 6.07) is 8.63. The van der Waals surface area contributed by atoms with Gasteiger partial charge in [-0.25, -0.2) is 0 Å². The first-order valence-electron chi connectivity index (χ1n) is 12.0. The van der Waals surface area contributed by atoms with E-state index in [2.05, 4.69) is 18.0 Å². The minimum Gasteiger partial charge on any atom is -0.461 e. The van der Waals surface area contributed by atoms with Gasteiger partial charge in [-0.3, -0.25) is 4.79 Å². The molecule has 1 aromatic carbocycles. The molecule has 0 bridgehead atoms. The number of likely N-dealkylation sites (N-methyl/N-ethyl adjacent to an activating group) is 2. The number of amides is 1. The quantitative estimate of drug-likeness (QED) is 0.682. The van der Waals surface area contributed by atoms with E-state index < -0.39 is 0 Å². The number of carbonyl (C=O) groups is 1. The molecule has 168 valence electrons. The zero-order chi connectivity index (χ0) is 21.6. The van der Waals surface area contributed by atoms with Crippen LogP contribution in [0.25, 0.3) is 11.0 Å². The number of para-hydroxylation sites is 1. The van der Waals surface area contributed by atoms with Crippen molar-refractivity contribution in [1.29, 1.82) is 0 Å². The van der Waals surface area contributed by atoms with E-state index in [4.69, 9.17) is 9.15 Å². The molecule has 0 unspecified atom stereocenters. The van der Waals surface area contributed by atoms with Crippen LogP contribution in [0.5, 0.6) is 0 Å². The largest absolute Gasteiger partial charge is 0.461 e. The Labute approximate surface area is 185 Å². The lowest BCUT2D eigenvalue weighted by molar-refractivity contribution is -0.136. The molecule has 2 aliphatic carbocycles. The fraction of sp³-hybridized carbons (Fsp3) is 0.654. The molecule has 31 heavy (non-hydrogen) atoms. The van der Waals surface area contributed by atoms with E-state index in [1.54, 1.807) is 0 Å². The number of benzene rings is 1. The summed E-state index contributed by atoms with van der Waals surface area (Å²) in [5.74, 6) is 1.88. The first kappa shape index (κ1) is 21.0. The summed E-state index contributed by atoms with van der Waals surface area (Å²) in [6.07, 6.45) is 8.58. The second-order valence-electron chi connectivity index (χ2n) is 10.2. The van der Waals surface area contributed by atoms with E-state index in [-0.39, 0.29) is 17.6 Å². The van der Waals surface area contributed by atoms with E-state index in [0.717, 1.165) is 60.6 Å². The van der Waals surface area contributed by atoms with Gasteiger partial charge in [0.15, 0.2) is 0 Å². The summed E-state index contributed by atoms with van der Waals surface area (Å²) < 4.78 is 12.2. The van der Waals surface area contributed by atoms with Crippen molar-refractivity contribution in [2.24, 2.45) is 5.92 Å². The normalized spacial score (nSPS) is 28.6. The van der Waals surface area contributed by atoms with Gasteiger partial charge in [-0.15, -0.1) is 0 Å². The standard InChI is InChI=1S/C26H36N2O3/c1-18-21(20-7-4-5-8-24(20)31-18)15-25(29)28(3)22-11-13-26(12-6-14-30-26)16-23(22)27(2)17-19-9-10-19/h4-5,7-8,19,22-23H,6,9-17H2,1-3H3/t22-,23-,26+/m1/s1. The number of hydrogen-bond acceptors (Lipinski definition) is 4. The number of furan rings is 1. The van der Waals surface area contributed by atoms with Crippen LogP contribution in [0.4, 0.5) is 0 Å². The number of ether oxygens (including phenoxy) is 1. The lowest BCUT2D eigenvalue weighted by atomic mass is 9.76. The highest BCUT2D eigenvalue weighted by molar-refractivity contribution is 5.88. The predicted molar refractivity (Wildman–Crippen MR) is 122 cm³/mol. The minimum absolute atomic E-state index is 0.0419. The zero-order valence-corrected chi connectivity index (χ0v) is 19.2. The Bertz CT molecular complexity index is 941. The molecule has 3 atom stereocenters. The molecule has 2 saturated carbocycles. The van der Waals surface area contributed by atoms with Gasteiger partial charge in [0.1, 0.15) is 11.3 Å². The van der Waals surface area contributed by atoms with Crippen LogP contribution in [0.1, 0.15) is 56.3 Å². The molecule has 1 aromatic heterocycles. The second kappa shape index (κ2) is 8.25. The average molecular weight is 425 g/mol. The fourth-order valence-corrected chi connectivity index (χ4v) is 5.98. The lowest BCUT2D eigenvalue weighted by Gasteiger charge is -2.48. The Balaban J connectivity index is 1.34. The van der Waals surface area contributed by atoms with Crippen LogP contribution in [-0.2, 0) is 16.0 Å². The molecule has 2 heterocycles. The Kier molecular flexibility index (Phi) is 5.59. The zero-order valence-electron chi connectivity index (χ0n) is 19.2. The van der Waals surface area contributed by atoms with Crippen LogP contribution in [0.15, 0.2) is 28.7 Å². The van der Waals surface area contributed by atoms with Gasteiger partial charge in [-0.05, 0) is 70.9 Å². The molecule has 3 fully saturated rings. The molecule has 2 aromatic rings. The van der Waals surface area contributed by atoms with Crippen molar-refractivity contribution in [3.8, 4) is 0 Å². The maximum absolute atomic E-state index is 13.5. The number of nitrogens with zero attached hydrogens (tertiary/aromatic N) is 2. The Morgan fingerprint density at radius 2 is 1.94 bits per heavy atom. The maximum Gasteiger partial charge on any atom is 0.227 e. The van der Waals surface area contributed by atoms with Crippen molar-refractivity contribution >= 4 is 16.9 Å². The number of rotatable bonds is 6. The molecule has 5 nitrogen and oxygen atoms in total. The van der Waals surface area contributed by atoms with E-state index in [1.165, 1.54) is 25.7 Å². The summed E-state index contributed by atoms with van der Waals surface area (Å²) in [6.45, 7) is 4.01. The van der Waals surface area contributed by atoms with Crippen LogP contribution < -0.4 is 0 Å². The Morgan fingerprint density at radius 1 is 1.13 bits per heavy atom. The molecule has 3 aliphatic rings. The number of fused-ring (bicyclic) bond motifs is 1. The third-order valence-corrected chi connectivity index (χ3v) is 8.03. The minimum atomic E-state index is 0.0419. The van der Waals surface area contributed by atoms with Gasteiger partial charge in [0.05, 0.1) is 12.0 Å². The average Bonchev–Trinajstić information content (AvgIpc) is 3.38. The Morgan fingerprint density at radius 3 is 2.68 bits per heavy atom. The SMILES string of the molecule is Cc1oc2ccccc2c1CC(=O)N(C)[C@@H]1CC[C@@]2(CCCO2)C[C@H]1N(C)CC1CC1. The maximum atomic E-state index is 13.5. The smallest absolute Gasteiger partial charge is 0.227 e. The third-order valence-electron chi connectivity index (χ3n) is 8.03. The molecule has 0 N–H and O–H groups in total. The molecule has 1 aliphatic heterocycles. The summed E-state index contributed by atoms with van der Waals surface area (Å²) in [5.41, 5.74) is 1.94. The third kappa shape index (κ3) is 4.14. The van der Waals surface area contributed by atoms with Gasteiger partial charge in [-0.1, -0.05) is 18.2 Å². The highest BCUT2D eigenvalue weighted by Crippen LogP contribution is 2.43. The van der Waals surface area contributed by atoms with Crippen LogP contribution in [-0.4, -0.2) is 60.6 Å².